The zero-order chi connectivity index (χ0) is 28.4. The molecule has 2 aromatic carbocycles. The fourth-order valence-corrected chi connectivity index (χ4v) is 7.90. The Morgan fingerprint density at radius 2 is 1.88 bits per heavy atom. The van der Waals surface area contributed by atoms with E-state index in [1.54, 1.807) is 31.4 Å². The van der Waals surface area contributed by atoms with Gasteiger partial charge in [-0.1, -0.05) is 18.2 Å². The number of fused-ring (bicyclic) bond motifs is 1. The van der Waals surface area contributed by atoms with Gasteiger partial charge in [-0.2, -0.15) is 0 Å². The van der Waals surface area contributed by atoms with Gasteiger partial charge in [-0.15, -0.1) is 0 Å². The molecule has 214 valence electrons. The Hall–Kier alpha value is -3.24. The van der Waals surface area contributed by atoms with E-state index in [-0.39, 0.29) is 29.7 Å². The summed E-state index contributed by atoms with van der Waals surface area (Å²) in [5, 5.41) is 4.15. The lowest BCUT2D eigenvalue weighted by molar-refractivity contribution is -0.132. The van der Waals surface area contributed by atoms with Crippen LogP contribution in [0.1, 0.15) is 39.5 Å². The van der Waals surface area contributed by atoms with E-state index < -0.39 is 15.9 Å². The van der Waals surface area contributed by atoms with Gasteiger partial charge >= 0.3 is 0 Å². The predicted octanol–water partition coefficient (Wildman–Crippen LogP) is 4.00. The number of rotatable bonds is 9. The number of nitrogens with zero attached hydrogens (tertiary/aromatic N) is 4. The van der Waals surface area contributed by atoms with Crippen LogP contribution in [0.2, 0.25) is 0 Å². The first-order valence-electron chi connectivity index (χ1n) is 14.0. The fourth-order valence-electron chi connectivity index (χ4n) is 6.22. The van der Waals surface area contributed by atoms with Crippen molar-refractivity contribution >= 4 is 32.5 Å². The maximum atomic E-state index is 13.8. The van der Waals surface area contributed by atoms with Crippen molar-refractivity contribution in [2.24, 2.45) is 5.92 Å². The molecule has 10 heteroatoms. The van der Waals surface area contributed by atoms with Crippen LogP contribution in [-0.4, -0.2) is 84.7 Å². The maximum absolute atomic E-state index is 13.8. The number of hydrogen-bond acceptors (Lipinski definition) is 8. The molecule has 2 aliphatic rings. The van der Waals surface area contributed by atoms with Crippen molar-refractivity contribution < 1.29 is 17.9 Å². The Labute approximate surface area is 236 Å². The van der Waals surface area contributed by atoms with Crippen molar-refractivity contribution in [2.75, 3.05) is 31.8 Å². The van der Waals surface area contributed by atoms with Crippen LogP contribution in [0.5, 0.6) is 5.75 Å². The SMILES string of the molecule is COc1ccc2ncnc(NC3CCN(C4CCC(N(C)C(C)C)CC4CS(=O)(=O)c4ccccc4)C3=O)c2c1. The molecule has 2 heterocycles. The monoisotopic (exact) mass is 565 g/mol. The summed E-state index contributed by atoms with van der Waals surface area (Å²) < 4.78 is 32.3. The average Bonchev–Trinajstić information content (AvgIpc) is 3.32. The number of sulfone groups is 1. The van der Waals surface area contributed by atoms with Crippen LogP contribution in [0.3, 0.4) is 0 Å². The normalized spacial score (nSPS) is 23.8. The van der Waals surface area contributed by atoms with E-state index >= 15 is 0 Å². The van der Waals surface area contributed by atoms with Crippen molar-refractivity contribution in [2.45, 2.75) is 68.6 Å². The smallest absolute Gasteiger partial charge is 0.245 e. The number of carbonyl (C=O) groups excluding carboxylic acids is 1. The van der Waals surface area contributed by atoms with Gasteiger partial charge in [0.15, 0.2) is 9.84 Å². The summed E-state index contributed by atoms with van der Waals surface area (Å²) >= 11 is 0. The molecule has 4 unspecified atom stereocenters. The zero-order valence-corrected chi connectivity index (χ0v) is 24.5. The number of amides is 1. The predicted molar refractivity (Wildman–Crippen MR) is 156 cm³/mol. The molecule has 2 fully saturated rings. The minimum atomic E-state index is -3.50. The number of methoxy groups -OCH3 is 1. The van der Waals surface area contributed by atoms with Crippen LogP contribution in [0.4, 0.5) is 5.82 Å². The number of ether oxygens (including phenoxy) is 1. The molecule has 1 saturated carbocycles. The highest BCUT2D eigenvalue weighted by atomic mass is 32.2. The highest BCUT2D eigenvalue weighted by Gasteiger charge is 2.44. The second-order valence-corrected chi connectivity index (χ2v) is 13.3. The van der Waals surface area contributed by atoms with E-state index in [4.69, 9.17) is 4.74 Å². The Balaban J connectivity index is 1.37. The molecule has 1 saturated heterocycles. The number of anilines is 1. The van der Waals surface area contributed by atoms with Crippen LogP contribution in [-0.2, 0) is 14.6 Å². The van der Waals surface area contributed by atoms with E-state index in [0.717, 1.165) is 30.2 Å². The van der Waals surface area contributed by atoms with E-state index in [9.17, 15) is 13.2 Å². The van der Waals surface area contributed by atoms with Gasteiger partial charge in [-0.25, -0.2) is 18.4 Å². The topological polar surface area (TPSA) is 105 Å². The zero-order valence-electron chi connectivity index (χ0n) is 23.7. The highest BCUT2D eigenvalue weighted by molar-refractivity contribution is 7.91. The molecule has 0 bridgehead atoms. The summed E-state index contributed by atoms with van der Waals surface area (Å²) in [7, 11) is 0.218. The molecule has 1 N–H and O–H groups in total. The lowest BCUT2D eigenvalue weighted by Crippen LogP contribution is -2.52. The largest absolute Gasteiger partial charge is 0.497 e. The molecule has 40 heavy (non-hydrogen) atoms. The minimum absolute atomic E-state index is 0.00238. The number of nitrogens with one attached hydrogen (secondary N) is 1. The van der Waals surface area contributed by atoms with E-state index in [0.29, 0.717) is 35.5 Å². The third-order valence-corrected chi connectivity index (χ3v) is 10.5. The van der Waals surface area contributed by atoms with Gasteiger partial charge in [0.05, 0.1) is 23.3 Å². The summed E-state index contributed by atoms with van der Waals surface area (Å²) in [4.78, 5) is 27.2. The van der Waals surface area contributed by atoms with Gasteiger partial charge in [0.25, 0.3) is 0 Å². The van der Waals surface area contributed by atoms with Crippen molar-refractivity contribution in [3.63, 3.8) is 0 Å². The van der Waals surface area contributed by atoms with Crippen LogP contribution in [0.15, 0.2) is 59.8 Å². The summed E-state index contributed by atoms with van der Waals surface area (Å²) in [6.07, 6.45) is 4.56. The molecule has 1 aromatic heterocycles. The second-order valence-electron chi connectivity index (χ2n) is 11.3. The van der Waals surface area contributed by atoms with Gasteiger partial charge in [0.1, 0.15) is 23.9 Å². The molecule has 1 aliphatic carbocycles. The molecule has 4 atom stereocenters. The van der Waals surface area contributed by atoms with Crippen LogP contribution in [0.25, 0.3) is 10.9 Å². The Morgan fingerprint density at radius 1 is 1.10 bits per heavy atom. The Morgan fingerprint density at radius 3 is 2.60 bits per heavy atom. The summed E-state index contributed by atoms with van der Waals surface area (Å²) in [6.45, 7) is 4.91. The van der Waals surface area contributed by atoms with Gasteiger partial charge in [0.2, 0.25) is 5.91 Å². The van der Waals surface area contributed by atoms with Crippen molar-refractivity contribution in [3.05, 3.63) is 54.9 Å². The molecule has 3 aromatic rings. The molecule has 1 aliphatic heterocycles. The molecule has 0 spiro atoms. The van der Waals surface area contributed by atoms with Gasteiger partial charge < -0.3 is 19.9 Å². The molecule has 9 nitrogen and oxygen atoms in total. The quantitative estimate of drug-likeness (QED) is 0.415. The lowest BCUT2D eigenvalue weighted by atomic mass is 9.81. The van der Waals surface area contributed by atoms with Crippen LogP contribution >= 0.6 is 0 Å². The molecule has 0 radical (unpaired) electrons. The Bertz CT molecular complexity index is 1450. The van der Waals surface area contributed by atoms with Gasteiger partial charge in [0, 0.05) is 30.1 Å². The fraction of sp³-hybridized carbons (Fsp3) is 0.500. The molecule has 1 amide bonds. The van der Waals surface area contributed by atoms with E-state index in [1.807, 2.05) is 29.2 Å². The van der Waals surface area contributed by atoms with Crippen molar-refractivity contribution in [1.29, 1.82) is 0 Å². The molecular weight excluding hydrogens is 526 g/mol. The molecule has 5 rings (SSSR count). The lowest BCUT2D eigenvalue weighted by Gasteiger charge is -2.44. The number of aromatic nitrogens is 2. The van der Waals surface area contributed by atoms with Gasteiger partial charge in [-0.05, 0) is 82.8 Å². The van der Waals surface area contributed by atoms with E-state index in [2.05, 4.69) is 41.1 Å². The number of likely N-dealkylation sites (tertiary alicyclic amines) is 1. The number of benzene rings is 2. The third kappa shape index (κ3) is 5.78. The molecular formula is C30H39N5O4S. The maximum Gasteiger partial charge on any atom is 0.245 e. The van der Waals surface area contributed by atoms with Gasteiger partial charge in [-0.3, -0.25) is 4.79 Å². The first-order chi connectivity index (χ1) is 19.2. The minimum Gasteiger partial charge on any atom is -0.497 e. The highest BCUT2D eigenvalue weighted by Crippen LogP contribution is 2.36. The standard InChI is InChI=1S/C30H39N5O4S/c1-20(2)34(3)22-10-13-28(21(16-22)18-40(37,38)24-8-6-5-7-9-24)35-15-14-27(30(35)36)33-29-25-17-23(39-4)11-12-26(25)31-19-32-29/h5-9,11-12,17,19-22,27-28H,10,13-16,18H2,1-4H3,(H,31,32,33). The first kappa shape index (κ1) is 28.3. The van der Waals surface area contributed by atoms with Crippen LogP contribution in [0, 0.1) is 5.92 Å². The first-order valence-corrected chi connectivity index (χ1v) is 15.7. The Kier molecular flexibility index (Phi) is 8.28. The second kappa shape index (κ2) is 11.7. The van der Waals surface area contributed by atoms with E-state index in [1.165, 1.54) is 6.33 Å². The number of carbonyl (C=O) groups is 1. The van der Waals surface area contributed by atoms with Crippen molar-refractivity contribution in [1.82, 2.24) is 19.8 Å². The summed E-state index contributed by atoms with van der Waals surface area (Å²) in [6, 6.07) is 14.3. The number of hydrogen-bond donors (Lipinski definition) is 1. The average molecular weight is 566 g/mol. The van der Waals surface area contributed by atoms with Crippen molar-refractivity contribution in [3.8, 4) is 5.75 Å². The third-order valence-electron chi connectivity index (χ3n) is 8.63. The van der Waals surface area contributed by atoms with Crippen LogP contribution < -0.4 is 10.1 Å². The summed E-state index contributed by atoms with van der Waals surface area (Å²) in [5.74, 6) is 1.15. The summed E-state index contributed by atoms with van der Waals surface area (Å²) in [5.41, 5.74) is 0.763.